The molecule has 0 saturated heterocycles. The Morgan fingerprint density at radius 1 is 1.22 bits per heavy atom. The average Bonchev–Trinajstić information content (AvgIpc) is 1.84. The minimum Gasteiger partial charge on any atom is -0.512 e. The lowest BCUT2D eigenvalue weighted by Crippen LogP contribution is -1.85. The van der Waals surface area contributed by atoms with E-state index in [2.05, 4.69) is 0 Å². The Kier molecular flexibility index (Phi) is 2.85. The Bertz CT molecular complexity index is 150. The molecule has 9 heavy (non-hydrogen) atoms. The van der Waals surface area contributed by atoms with Crippen LogP contribution in [0.5, 0.6) is 0 Å². The minimum atomic E-state index is -0.0602. The quantitative estimate of drug-likeness (QED) is 0.420. The Hall–Kier alpha value is -0.920. The standard InChI is InChI=1S/C7H12O2/c1-5(2)6(3)7(9)4-8/h4,8-9H,1-3H3/b7-4-. The highest BCUT2D eigenvalue weighted by molar-refractivity contribution is 5.24. The van der Waals surface area contributed by atoms with Gasteiger partial charge in [0, 0.05) is 0 Å². The highest BCUT2D eigenvalue weighted by Crippen LogP contribution is 2.09. The molecule has 2 nitrogen and oxygen atoms in total. The van der Waals surface area contributed by atoms with Gasteiger partial charge < -0.3 is 10.2 Å². The van der Waals surface area contributed by atoms with E-state index in [-0.39, 0.29) is 5.76 Å². The van der Waals surface area contributed by atoms with Gasteiger partial charge in [0.05, 0.1) is 0 Å². The van der Waals surface area contributed by atoms with Crippen molar-refractivity contribution in [3.05, 3.63) is 23.2 Å². The van der Waals surface area contributed by atoms with Crippen LogP contribution in [-0.2, 0) is 0 Å². The van der Waals surface area contributed by atoms with Crippen LogP contribution in [-0.4, -0.2) is 10.2 Å². The summed E-state index contributed by atoms with van der Waals surface area (Å²) in [6, 6.07) is 0. The second-order valence-electron chi connectivity index (χ2n) is 2.14. The van der Waals surface area contributed by atoms with Gasteiger partial charge in [0.1, 0.15) is 6.26 Å². The summed E-state index contributed by atoms with van der Waals surface area (Å²) in [4.78, 5) is 0. The smallest absolute Gasteiger partial charge is 0.152 e. The normalized spacial score (nSPS) is 11.2. The molecule has 52 valence electrons. The summed E-state index contributed by atoms with van der Waals surface area (Å²) in [5, 5.41) is 17.2. The molecular formula is C7H12O2. The average molecular weight is 128 g/mol. The molecule has 2 heteroatoms. The van der Waals surface area contributed by atoms with Crippen molar-refractivity contribution >= 4 is 0 Å². The summed E-state index contributed by atoms with van der Waals surface area (Å²) in [5.74, 6) is -0.0602. The molecule has 0 aromatic carbocycles. The van der Waals surface area contributed by atoms with E-state index in [1.165, 1.54) is 0 Å². The molecule has 0 aliphatic carbocycles. The first-order valence-corrected chi connectivity index (χ1v) is 2.77. The predicted octanol–water partition coefficient (Wildman–Crippen LogP) is 2.30. The van der Waals surface area contributed by atoms with Gasteiger partial charge in [-0.25, -0.2) is 0 Å². The van der Waals surface area contributed by atoms with E-state index >= 15 is 0 Å². The molecule has 0 aliphatic rings. The van der Waals surface area contributed by atoms with Crippen molar-refractivity contribution in [2.45, 2.75) is 20.8 Å². The van der Waals surface area contributed by atoms with Gasteiger partial charge in [-0.3, -0.25) is 0 Å². The van der Waals surface area contributed by atoms with Crippen LogP contribution in [0, 0.1) is 0 Å². The van der Waals surface area contributed by atoms with Crippen LogP contribution >= 0.6 is 0 Å². The van der Waals surface area contributed by atoms with Crippen LogP contribution in [0.15, 0.2) is 23.2 Å². The number of allylic oxidation sites excluding steroid dienone is 2. The lowest BCUT2D eigenvalue weighted by Gasteiger charge is -1.98. The third-order valence-corrected chi connectivity index (χ3v) is 1.26. The van der Waals surface area contributed by atoms with Crippen molar-refractivity contribution in [2.75, 3.05) is 0 Å². The van der Waals surface area contributed by atoms with Gasteiger partial charge in [-0.15, -0.1) is 0 Å². The number of aliphatic hydroxyl groups is 2. The molecular weight excluding hydrogens is 116 g/mol. The molecule has 0 unspecified atom stereocenters. The maximum Gasteiger partial charge on any atom is 0.152 e. The Morgan fingerprint density at radius 2 is 1.67 bits per heavy atom. The molecule has 0 heterocycles. The van der Waals surface area contributed by atoms with E-state index < -0.39 is 0 Å². The maximum atomic E-state index is 8.85. The summed E-state index contributed by atoms with van der Waals surface area (Å²) in [6.45, 7) is 5.49. The minimum absolute atomic E-state index is 0.0602. The zero-order chi connectivity index (χ0) is 7.44. The summed E-state index contributed by atoms with van der Waals surface area (Å²) in [7, 11) is 0. The topological polar surface area (TPSA) is 40.5 Å². The fourth-order valence-electron chi connectivity index (χ4n) is 0.353. The van der Waals surface area contributed by atoms with Crippen molar-refractivity contribution in [3.8, 4) is 0 Å². The Morgan fingerprint density at radius 3 is 1.78 bits per heavy atom. The van der Waals surface area contributed by atoms with Crippen molar-refractivity contribution in [2.24, 2.45) is 0 Å². The van der Waals surface area contributed by atoms with Crippen LogP contribution in [0.25, 0.3) is 0 Å². The van der Waals surface area contributed by atoms with Crippen LogP contribution in [0.4, 0.5) is 0 Å². The van der Waals surface area contributed by atoms with E-state index in [4.69, 9.17) is 10.2 Å². The van der Waals surface area contributed by atoms with E-state index in [0.717, 1.165) is 11.1 Å². The Balaban J connectivity index is 4.40. The molecule has 0 aromatic heterocycles. The van der Waals surface area contributed by atoms with Gasteiger partial charge in [-0.05, 0) is 26.3 Å². The number of rotatable bonds is 1. The van der Waals surface area contributed by atoms with Gasteiger partial charge >= 0.3 is 0 Å². The van der Waals surface area contributed by atoms with E-state index in [0.29, 0.717) is 6.26 Å². The molecule has 0 aliphatic heterocycles. The van der Waals surface area contributed by atoms with E-state index in [9.17, 15) is 0 Å². The van der Waals surface area contributed by atoms with E-state index in [1.54, 1.807) is 6.92 Å². The molecule has 0 spiro atoms. The van der Waals surface area contributed by atoms with Crippen LogP contribution in [0.2, 0.25) is 0 Å². The number of hydrogen-bond acceptors (Lipinski definition) is 2. The van der Waals surface area contributed by atoms with Crippen LogP contribution < -0.4 is 0 Å². The monoisotopic (exact) mass is 128 g/mol. The fraction of sp³-hybridized carbons (Fsp3) is 0.429. The molecule has 2 N–H and O–H groups in total. The molecule has 0 rings (SSSR count). The third-order valence-electron chi connectivity index (χ3n) is 1.26. The van der Waals surface area contributed by atoms with Gasteiger partial charge in [-0.1, -0.05) is 5.57 Å². The first-order chi connectivity index (χ1) is 4.09. The molecule has 0 bridgehead atoms. The molecule has 0 atom stereocenters. The highest BCUT2D eigenvalue weighted by atomic mass is 16.3. The number of hydrogen-bond donors (Lipinski definition) is 2. The lowest BCUT2D eigenvalue weighted by atomic mass is 10.1. The first-order valence-electron chi connectivity index (χ1n) is 2.77. The van der Waals surface area contributed by atoms with Gasteiger partial charge in [-0.2, -0.15) is 0 Å². The van der Waals surface area contributed by atoms with Crippen molar-refractivity contribution < 1.29 is 10.2 Å². The van der Waals surface area contributed by atoms with Crippen molar-refractivity contribution in [3.63, 3.8) is 0 Å². The zero-order valence-electron chi connectivity index (χ0n) is 5.97. The SMILES string of the molecule is CC(C)=C(C)/C(O)=C/O. The van der Waals surface area contributed by atoms with Gasteiger partial charge in [0.25, 0.3) is 0 Å². The lowest BCUT2D eigenvalue weighted by molar-refractivity contribution is 0.370. The van der Waals surface area contributed by atoms with Crippen LogP contribution in [0.3, 0.4) is 0 Å². The van der Waals surface area contributed by atoms with Crippen molar-refractivity contribution in [1.82, 2.24) is 0 Å². The second-order valence-corrected chi connectivity index (χ2v) is 2.14. The van der Waals surface area contributed by atoms with Crippen LogP contribution in [0.1, 0.15) is 20.8 Å². The van der Waals surface area contributed by atoms with Gasteiger partial charge in [0.15, 0.2) is 5.76 Å². The second kappa shape index (κ2) is 3.17. The summed E-state index contributed by atoms with van der Waals surface area (Å²) in [6.07, 6.45) is 0.697. The molecule has 0 amide bonds. The molecule has 0 aromatic rings. The first kappa shape index (κ1) is 8.08. The maximum absolute atomic E-state index is 8.85. The summed E-state index contributed by atoms with van der Waals surface area (Å²) < 4.78 is 0. The summed E-state index contributed by atoms with van der Waals surface area (Å²) in [5.41, 5.74) is 1.72. The largest absolute Gasteiger partial charge is 0.512 e. The predicted molar refractivity (Wildman–Crippen MR) is 37.4 cm³/mol. The molecule has 0 saturated carbocycles. The zero-order valence-corrected chi connectivity index (χ0v) is 5.97. The fourth-order valence-corrected chi connectivity index (χ4v) is 0.353. The van der Waals surface area contributed by atoms with Gasteiger partial charge in [0.2, 0.25) is 0 Å². The Labute approximate surface area is 55.1 Å². The van der Waals surface area contributed by atoms with E-state index in [1.807, 2.05) is 13.8 Å². The van der Waals surface area contributed by atoms with Crippen molar-refractivity contribution in [1.29, 1.82) is 0 Å². The third kappa shape index (κ3) is 2.22. The number of aliphatic hydroxyl groups excluding tert-OH is 2. The highest BCUT2D eigenvalue weighted by Gasteiger charge is 1.95. The summed E-state index contributed by atoms with van der Waals surface area (Å²) >= 11 is 0. The molecule has 0 fully saturated rings. The molecule has 0 radical (unpaired) electrons.